The average Bonchev–Trinajstić information content (AvgIpc) is 2.44. The number of rotatable bonds is 6. The van der Waals surface area contributed by atoms with Gasteiger partial charge >= 0.3 is 0 Å². The molecule has 2 fully saturated rings. The summed E-state index contributed by atoms with van der Waals surface area (Å²) in [4.78, 5) is 0. The zero-order chi connectivity index (χ0) is 13.6. The zero-order valence-corrected chi connectivity index (χ0v) is 13.3. The van der Waals surface area contributed by atoms with E-state index in [4.69, 9.17) is 9.47 Å². The Morgan fingerprint density at radius 1 is 1.32 bits per heavy atom. The topological polar surface area (TPSA) is 30.5 Å². The lowest BCUT2D eigenvalue weighted by molar-refractivity contribution is -0.150. The van der Waals surface area contributed by atoms with Gasteiger partial charge in [0.1, 0.15) is 0 Å². The van der Waals surface area contributed by atoms with E-state index >= 15 is 0 Å². The molecule has 2 rings (SSSR count). The van der Waals surface area contributed by atoms with Crippen molar-refractivity contribution in [3.63, 3.8) is 0 Å². The Balaban J connectivity index is 1.93. The monoisotopic (exact) mass is 287 g/mol. The minimum atomic E-state index is 0.133. The lowest BCUT2D eigenvalue weighted by atomic mass is 9.77. The standard InChI is InChI=1S/C15H29NO2S/c1-3-16-14(5-11-19-2)13-4-8-18-15(12-13)6-9-17-10-7-15/h13-14,16H,3-12H2,1-2H3. The quantitative estimate of drug-likeness (QED) is 0.813. The first-order valence-corrected chi connectivity index (χ1v) is 9.13. The Hall–Kier alpha value is 0.230. The molecular weight excluding hydrogens is 258 g/mol. The minimum absolute atomic E-state index is 0.133. The molecule has 0 aromatic carbocycles. The smallest absolute Gasteiger partial charge is 0.0729 e. The predicted octanol–water partition coefficient (Wildman–Crippen LogP) is 2.69. The van der Waals surface area contributed by atoms with Gasteiger partial charge in [0.15, 0.2) is 0 Å². The van der Waals surface area contributed by atoms with Gasteiger partial charge in [-0.05, 0) is 56.6 Å². The number of thioether (sulfide) groups is 1. The van der Waals surface area contributed by atoms with Gasteiger partial charge in [-0.1, -0.05) is 6.92 Å². The lowest BCUT2D eigenvalue weighted by Crippen LogP contribution is -2.49. The van der Waals surface area contributed by atoms with Gasteiger partial charge in [-0.15, -0.1) is 0 Å². The lowest BCUT2D eigenvalue weighted by Gasteiger charge is -2.45. The second kappa shape index (κ2) is 7.87. The Labute approximate surface area is 122 Å². The van der Waals surface area contributed by atoms with Crippen LogP contribution in [0.15, 0.2) is 0 Å². The number of nitrogens with one attached hydrogen (secondary N) is 1. The van der Waals surface area contributed by atoms with Crippen molar-refractivity contribution < 1.29 is 9.47 Å². The third kappa shape index (κ3) is 4.35. The summed E-state index contributed by atoms with van der Waals surface area (Å²) in [5.74, 6) is 2.03. The Kier molecular flexibility index (Phi) is 6.46. The summed E-state index contributed by atoms with van der Waals surface area (Å²) in [5.41, 5.74) is 0.133. The van der Waals surface area contributed by atoms with E-state index in [9.17, 15) is 0 Å². The van der Waals surface area contributed by atoms with Crippen LogP contribution in [0, 0.1) is 5.92 Å². The van der Waals surface area contributed by atoms with Crippen molar-refractivity contribution in [1.82, 2.24) is 5.32 Å². The highest BCUT2D eigenvalue weighted by atomic mass is 32.2. The van der Waals surface area contributed by atoms with Crippen molar-refractivity contribution in [2.45, 2.75) is 50.7 Å². The van der Waals surface area contributed by atoms with Gasteiger partial charge < -0.3 is 14.8 Å². The van der Waals surface area contributed by atoms with E-state index in [1.165, 1.54) is 25.0 Å². The zero-order valence-electron chi connectivity index (χ0n) is 12.5. The molecule has 1 N–H and O–H groups in total. The normalized spacial score (nSPS) is 28.4. The summed E-state index contributed by atoms with van der Waals surface area (Å²) in [6.07, 6.45) is 8.10. The van der Waals surface area contributed by atoms with E-state index in [1.54, 1.807) is 0 Å². The molecule has 0 aromatic rings. The van der Waals surface area contributed by atoms with E-state index in [0.29, 0.717) is 6.04 Å². The summed E-state index contributed by atoms with van der Waals surface area (Å²) in [5, 5.41) is 3.71. The molecule has 112 valence electrons. The molecule has 0 aromatic heterocycles. The summed E-state index contributed by atoms with van der Waals surface area (Å²) < 4.78 is 11.7. The van der Waals surface area contributed by atoms with Crippen molar-refractivity contribution in [3.8, 4) is 0 Å². The highest BCUT2D eigenvalue weighted by Gasteiger charge is 2.40. The van der Waals surface area contributed by atoms with Crippen molar-refractivity contribution in [3.05, 3.63) is 0 Å². The van der Waals surface area contributed by atoms with E-state index in [2.05, 4.69) is 18.5 Å². The Morgan fingerprint density at radius 3 is 2.79 bits per heavy atom. The first-order chi connectivity index (χ1) is 9.29. The van der Waals surface area contributed by atoms with Crippen molar-refractivity contribution in [1.29, 1.82) is 0 Å². The first-order valence-electron chi connectivity index (χ1n) is 7.74. The first kappa shape index (κ1) is 15.6. The van der Waals surface area contributed by atoms with Crippen LogP contribution in [0.5, 0.6) is 0 Å². The maximum Gasteiger partial charge on any atom is 0.0729 e. The second-order valence-corrected chi connectivity index (χ2v) is 6.83. The molecule has 0 aliphatic carbocycles. The van der Waals surface area contributed by atoms with Gasteiger partial charge in [0, 0.05) is 25.9 Å². The van der Waals surface area contributed by atoms with Crippen molar-refractivity contribution in [2.24, 2.45) is 5.92 Å². The molecule has 0 bridgehead atoms. The maximum absolute atomic E-state index is 6.16. The van der Waals surface area contributed by atoms with Crippen LogP contribution in [-0.2, 0) is 9.47 Å². The minimum Gasteiger partial charge on any atom is -0.381 e. The summed E-state index contributed by atoms with van der Waals surface area (Å²) in [6, 6.07) is 0.668. The van der Waals surface area contributed by atoms with Gasteiger partial charge in [-0.3, -0.25) is 0 Å². The molecular formula is C15H29NO2S. The summed E-state index contributed by atoms with van der Waals surface area (Å²) in [7, 11) is 0. The molecule has 0 amide bonds. The van der Waals surface area contributed by atoms with Gasteiger partial charge in [0.25, 0.3) is 0 Å². The Bertz CT molecular complexity index is 251. The molecule has 2 aliphatic rings. The molecule has 2 unspecified atom stereocenters. The fourth-order valence-corrected chi connectivity index (χ4v) is 4.00. The highest BCUT2D eigenvalue weighted by molar-refractivity contribution is 7.98. The molecule has 2 heterocycles. The van der Waals surface area contributed by atoms with Crippen LogP contribution < -0.4 is 5.32 Å². The second-order valence-electron chi connectivity index (χ2n) is 5.84. The molecule has 19 heavy (non-hydrogen) atoms. The van der Waals surface area contributed by atoms with Gasteiger partial charge in [-0.2, -0.15) is 11.8 Å². The average molecular weight is 287 g/mol. The molecule has 0 radical (unpaired) electrons. The molecule has 2 saturated heterocycles. The van der Waals surface area contributed by atoms with E-state index in [1.807, 2.05) is 11.8 Å². The van der Waals surface area contributed by atoms with Gasteiger partial charge in [0.2, 0.25) is 0 Å². The number of hydrogen-bond donors (Lipinski definition) is 1. The molecule has 2 atom stereocenters. The largest absolute Gasteiger partial charge is 0.381 e. The molecule has 2 aliphatic heterocycles. The fraction of sp³-hybridized carbons (Fsp3) is 1.00. The van der Waals surface area contributed by atoms with Crippen LogP contribution >= 0.6 is 11.8 Å². The molecule has 3 nitrogen and oxygen atoms in total. The van der Waals surface area contributed by atoms with E-state index < -0.39 is 0 Å². The van der Waals surface area contributed by atoms with E-state index in [-0.39, 0.29) is 5.60 Å². The fourth-order valence-electron chi connectivity index (χ4n) is 3.51. The maximum atomic E-state index is 6.16. The van der Waals surface area contributed by atoms with Gasteiger partial charge in [-0.25, -0.2) is 0 Å². The third-order valence-corrected chi connectivity index (χ3v) is 5.25. The van der Waals surface area contributed by atoms with Gasteiger partial charge in [0.05, 0.1) is 5.60 Å². The third-order valence-electron chi connectivity index (χ3n) is 4.60. The Morgan fingerprint density at radius 2 is 2.11 bits per heavy atom. The van der Waals surface area contributed by atoms with Crippen LogP contribution in [0.4, 0.5) is 0 Å². The van der Waals surface area contributed by atoms with Crippen LogP contribution in [0.1, 0.15) is 39.0 Å². The molecule has 1 spiro atoms. The summed E-state index contributed by atoms with van der Waals surface area (Å²) in [6.45, 7) is 5.99. The van der Waals surface area contributed by atoms with Crippen LogP contribution in [0.3, 0.4) is 0 Å². The van der Waals surface area contributed by atoms with Crippen LogP contribution in [-0.4, -0.2) is 50.0 Å². The van der Waals surface area contributed by atoms with Crippen molar-refractivity contribution >= 4 is 11.8 Å². The summed E-state index contributed by atoms with van der Waals surface area (Å²) >= 11 is 1.96. The van der Waals surface area contributed by atoms with Crippen LogP contribution in [0.2, 0.25) is 0 Å². The SMILES string of the molecule is CCNC(CCSC)C1CCOC2(CCOCC2)C1. The molecule has 0 saturated carbocycles. The number of hydrogen-bond acceptors (Lipinski definition) is 4. The van der Waals surface area contributed by atoms with E-state index in [0.717, 1.165) is 45.1 Å². The molecule has 4 heteroatoms. The van der Waals surface area contributed by atoms with Crippen LogP contribution in [0.25, 0.3) is 0 Å². The predicted molar refractivity (Wildman–Crippen MR) is 81.9 cm³/mol. The highest BCUT2D eigenvalue weighted by Crippen LogP contribution is 2.38. The van der Waals surface area contributed by atoms with Crippen molar-refractivity contribution in [2.75, 3.05) is 38.4 Å². The number of ether oxygens (including phenoxy) is 2.